The van der Waals surface area contributed by atoms with Gasteiger partial charge in [0, 0.05) is 23.1 Å². The van der Waals surface area contributed by atoms with Gasteiger partial charge < -0.3 is 19.5 Å². The molecular formula is C20H18N2O5S. The molecule has 0 atom stereocenters. The number of methoxy groups -OCH3 is 1. The van der Waals surface area contributed by atoms with Crippen molar-refractivity contribution in [2.75, 3.05) is 23.9 Å². The number of ether oxygens (including phenoxy) is 3. The van der Waals surface area contributed by atoms with E-state index in [2.05, 4.69) is 10.0 Å². The predicted octanol–water partition coefficient (Wildman–Crippen LogP) is 3.97. The Morgan fingerprint density at radius 1 is 0.821 bits per heavy atom. The monoisotopic (exact) mass is 398 g/mol. The van der Waals surface area contributed by atoms with Crippen LogP contribution in [-0.4, -0.2) is 22.3 Å². The summed E-state index contributed by atoms with van der Waals surface area (Å²) in [6, 6.07) is 18.7. The molecule has 144 valence electrons. The molecule has 8 heteroatoms. The lowest BCUT2D eigenvalue weighted by Gasteiger charge is -2.11. The van der Waals surface area contributed by atoms with Crippen LogP contribution in [0.25, 0.3) is 0 Å². The third-order valence-electron chi connectivity index (χ3n) is 4.17. The lowest BCUT2D eigenvalue weighted by molar-refractivity contribution is 0.174. The number of fused-ring (bicyclic) bond motifs is 1. The fourth-order valence-corrected chi connectivity index (χ4v) is 3.79. The molecule has 28 heavy (non-hydrogen) atoms. The van der Waals surface area contributed by atoms with Crippen LogP contribution in [0, 0.1) is 0 Å². The summed E-state index contributed by atoms with van der Waals surface area (Å²) in [5.41, 5.74) is 2.12. The number of hydrogen-bond donors (Lipinski definition) is 2. The fourth-order valence-electron chi connectivity index (χ4n) is 2.73. The summed E-state index contributed by atoms with van der Waals surface area (Å²) in [6.07, 6.45) is 0. The van der Waals surface area contributed by atoms with Crippen molar-refractivity contribution in [1.82, 2.24) is 0 Å². The molecule has 0 saturated heterocycles. The number of anilines is 3. The zero-order valence-electron chi connectivity index (χ0n) is 15.0. The summed E-state index contributed by atoms with van der Waals surface area (Å²) in [5, 5.41) is 3.24. The minimum atomic E-state index is -3.67. The van der Waals surface area contributed by atoms with Crippen LogP contribution >= 0.6 is 0 Å². The minimum absolute atomic E-state index is 0.163. The maximum atomic E-state index is 12.5. The molecule has 0 unspecified atom stereocenters. The zero-order valence-corrected chi connectivity index (χ0v) is 15.8. The summed E-state index contributed by atoms with van der Waals surface area (Å²) in [7, 11) is -2.14. The Morgan fingerprint density at radius 2 is 1.46 bits per heavy atom. The third-order valence-corrected chi connectivity index (χ3v) is 5.57. The number of rotatable bonds is 6. The Balaban J connectivity index is 1.45. The van der Waals surface area contributed by atoms with E-state index in [0.29, 0.717) is 22.9 Å². The Morgan fingerprint density at radius 3 is 2.18 bits per heavy atom. The second-order valence-corrected chi connectivity index (χ2v) is 7.73. The molecule has 0 saturated carbocycles. The molecule has 0 fully saturated rings. The third kappa shape index (κ3) is 3.81. The highest BCUT2D eigenvalue weighted by molar-refractivity contribution is 7.92. The first-order valence-corrected chi connectivity index (χ1v) is 9.95. The number of hydrogen-bond acceptors (Lipinski definition) is 6. The second kappa shape index (κ2) is 7.32. The molecule has 1 aliphatic rings. The van der Waals surface area contributed by atoms with Crippen LogP contribution in [0.5, 0.6) is 17.2 Å². The Hall–Kier alpha value is -3.39. The molecule has 0 bridgehead atoms. The first-order valence-electron chi connectivity index (χ1n) is 8.47. The van der Waals surface area contributed by atoms with Crippen LogP contribution in [-0.2, 0) is 10.0 Å². The van der Waals surface area contributed by atoms with Gasteiger partial charge in [0.1, 0.15) is 5.75 Å². The van der Waals surface area contributed by atoms with Crippen molar-refractivity contribution in [1.29, 1.82) is 0 Å². The Kier molecular flexibility index (Phi) is 4.70. The van der Waals surface area contributed by atoms with E-state index in [1.807, 2.05) is 18.2 Å². The minimum Gasteiger partial charge on any atom is -0.497 e. The molecule has 4 rings (SSSR count). The van der Waals surface area contributed by atoms with Crippen LogP contribution < -0.4 is 24.2 Å². The molecular weight excluding hydrogens is 380 g/mol. The largest absolute Gasteiger partial charge is 0.497 e. The Bertz CT molecular complexity index is 1080. The van der Waals surface area contributed by atoms with E-state index in [-0.39, 0.29) is 11.7 Å². The van der Waals surface area contributed by atoms with E-state index in [9.17, 15) is 8.42 Å². The summed E-state index contributed by atoms with van der Waals surface area (Å²) < 4.78 is 43.3. The molecule has 0 aromatic heterocycles. The zero-order chi connectivity index (χ0) is 19.6. The van der Waals surface area contributed by atoms with Gasteiger partial charge in [-0.05, 0) is 60.7 Å². The van der Waals surface area contributed by atoms with Crippen LogP contribution in [0.3, 0.4) is 0 Å². The fraction of sp³-hybridized carbons (Fsp3) is 0.100. The van der Waals surface area contributed by atoms with Crippen molar-refractivity contribution in [2.45, 2.75) is 4.90 Å². The van der Waals surface area contributed by atoms with Gasteiger partial charge in [0.15, 0.2) is 11.5 Å². The molecule has 3 aromatic carbocycles. The predicted molar refractivity (Wildman–Crippen MR) is 106 cm³/mol. The maximum absolute atomic E-state index is 12.5. The van der Waals surface area contributed by atoms with Gasteiger partial charge in [-0.1, -0.05) is 0 Å². The van der Waals surface area contributed by atoms with Crippen molar-refractivity contribution in [3.63, 3.8) is 0 Å². The number of sulfonamides is 1. The van der Waals surface area contributed by atoms with Crippen molar-refractivity contribution < 1.29 is 22.6 Å². The summed E-state index contributed by atoms with van der Waals surface area (Å²) in [6.45, 7) is 0.224. The van der Waals surface area contributed by atoms with Gasteiger partial charge >= 0.3 is 0 Å². The van der Waals surface area contributed by atoms with Gasteiger partial charge in [-0.3, -0.25) is 4.72 Å². The Labute approximate surface area is 162 Å². The van der Waals surface area contributed by atoms with Gasteiger partial charge in [0.05, 0.1) is 12.0 Å². The first-order chi connectivity index (χ1) is 13.5. The van der Waals surface area contributed by atoms with E-state index < -0.39 is 10.0 Å². The lowest BCUT2D eigenvalue weighted by Crippen LogP contribution is -2.12. The van der Waals surface area contributed by atoms with E-state index in [1.54, 1.807) is 36.4 Å². The molecule has 3 aromatic rings. The highest BCUT2D eigenvalue weighted by atomic mass is 32.2. The average molecular weight is 398 g/mol. The summed E-state index contributed by atoms with van der Waals surface area (Å²) in [4.78, 5) is 0.163. The SMILES string of the molecule is COc1ccc(S(=O)(=O)Nc2ccc(Nc3ccc4c(c3)OCO4)cc2)cc1. The molecule has 7 nitrogen and oxygen atoms in total. The standard InChI is InChI=1S/C20H18N2O5S/c1-25-17-7-9-18(10-8-17)28(23,24)22-15-4-2-14(3-5-15)21-16-6-11-19-20(12-16)27-13-26-19/h2-12,21-22H,13H2,1H3. The molecule has 0 aliphatic carbocycles. The van der Waals surface area contributed by atoms with E-state index >= 15 is 0 Å². The van der Waals surface area contributed by atoms with Gasteiger partial charge in [-0.2, -0.15) is 0 Å². The van der Waals surface area contributed by atoms with Crippen molar-refractivity contribution in [3.8, 4) is 17.2 Å². The number of benzene rings is 3. The molecule has 0 amide bonds. The van der Waals surface area contributed by atoms with Crippen LogP contribution in [0.4, 0.5) is 17.1 Å². The average Bonchev–Trinajstić information content (AvgIpc) is 3.17. The molecule has 2 N–H and O–H groups in total. The summed E-state index contributed by atoms with van der Waals surface area (Å²) >= 11 is 0. The van der Waals surface area contributed by atoms with Crippen molar-refractivity contribution in [2.24, 2.45) is 0 Å². The van der Waals surface area contributed by atoms with E-state index in [0.717, 1.165) is 11.4 Å². The molecule has 0 radical (unpaired) electrons. The van der Waals surface area contributed by atoms with Crippen molar-refractivity contribution >= 4 is 27.1 Å². The normalized spacial score (nSPS) is 12.5. The second-order valence-electron chi connectivity index (χ2n) is 6.05. The van der Waals surface area contributed by atoms with Crippen LogP contribution in [0.2, 0.25) is 0 Å². The topological polar surface area (TPSA) is 85.9 Å². The lowest BCUT2D eigenvalue weighted by atomic mass is 10.2. The van der Waals surface area contributed by atoms with Gasteiger partial charge in [-0.25, -0.2) is 8.42 Å². The van der Waals surface area contributed by atoms with Gasteiger partial charge in [-0.15, -0.1) is 0 Å². The highest BCUT2D eigenvalue weighted by Gasteiger charge is 2.15. The van der Waals surface area contributed by atoms with Crippen LogP contribution in [0.1, 0.15) is 0 Å². The van der Waals surface area contributed by atoms with Crippen molar-refractivity contribution in [3.05, 3.63) is 66.7 Å². The van der Waals surface area contributed by atoms with Gasteiger partial charge in [0.2, 0.25) is 6.79 Å². The quantitative estimate of drug-likeness (QED) is 0.654. The molecule has 0 spiro atoms. The van der Waals surface area contributed by atoms with E-state index in [4.69, 9.17) is 14.2 Å². The van der Waals surface area contributed by atoms with Crippen LogP contribution in [0.15, 0.2) is 71.6 Å². The maximum Gasteiger partial charge on any atom is 0.261 e. The van der Waals surface area contributed by atoms with Gasteiger partial charge in [0.25, 0.3) is 10.0 Å². The first kappa shape index (κ1) is 18.0. The smallest absolute Gasteiger partial charge is 0.261 e. The summed E-state index contributed by atoms with van der Waals surface area (Å²) in [5.74, 6) is 2.00. The highest BCUT2D eigenvalue weighted by Crippen LogP contribution is 2.35. The molecule has 1 heterocycles. The molecule has 1 aliphatic heterocycles. The van der Waals surface area contributed by atoms with E-state index in [1.165, 1.54) is 19.2 Å². The number of nitrogens with one attached hydrogen (secondary N) is 2.